The van der Waals surface area contributed by atoms with Crippen LogP contribution in [0.4, 0.5) is 20.2 Å². The Kier molecular flexibility index (Phi) is 6.72. The number of hydrogen-bond acceptors (Lipinski definition) is 6. The standard InChI is InChI=1S/C19H18F2N6O2S/c1-11(30-10-18(28)22-14-5-3-13(20)4-6-14)19(29)23-17-9-15(7-8-16(17)21)27-12(2)24-25-26-27/h3-9,11H,10H2,1-2H3,(H,22,28)(H,23,29). The molecule has 1 unspecified atom stereocenters. The van der Waals surface area contributed by atoms with Gasteiger partial charge in [0.1, 0.15) is 11.6 Å². The van der Waals surface area contributed by atoms with E-state index >= 15 is 0 Å². The molecule has 0 radical (unpaired) electrons. The van der Waals surface area contributed by atoms with Gasteiger partial charge in [-0.3, -0.25) is 9.59 Å². The molecular weight excluding hydrogens is 414 g/mol. The average molecular weight is 432 g/mol. The van der Waals surface area contributed by atoms with Gasteiger partial charge in [-0.05, 0) is 66.7 Å². The SMILES string of the molecule is Cc1nnnn1-c1ccc(F)c(NC(=O)C(C)SCC(=O)Nc2ccc(F)cc2)c1. The maximum absolute atomic E-state index is 14.1. The highest BCUT2D eigenvalue weighted by Gasteiger charge is 2.18. The lowest BCUT2D eigenvalue weighted by Gasteiger charge is -2.13. The number of carbonyl (C=O) groups is 2. The first-order valence-corrected chi connectivity index (χ1v) is 9.91. The second kappa shape index (κ2) is 9.44. The number of benzene rings is 2. The third-order valence-corrected chi connectivity index (χ3v) is 5.18. The number of nitrogens with one attached hydrogen (secondary N) is 2. The summed E-state index contributed by atoms with van der Waals surface area (Å²) >= 11 is 1.09. The molecule has 1 atom stereocenters. The quantitative estimate of drug-likeness (QED) is 0.595. The van der Waals surface area contributed by atoms with Crippen molar-refractivity contribution in [1.29, 1.82) is 0 Å². The zero-order chi connectivity index (χ0) is 21.7. The maximum atomic E-state index is 14.1. The number of nitrogens with zero attached hydrogens (tertiary/aromatic N) is 4. The third kappa shape index (κ3) is 5.38. The Hall–Kier alpha value is -3.34. The molecule has 1 heterocycles. The van der Waals surface area contributed by atoms with Gasteiger partial charge in [0.2, 0.25) is 11.8 Å². The molecule has 2 amide bonds. The molecule has 11 heteroatoms. The fraction of sp³-hybridized carbons (Fsp3) is 0.211. The lowest BCUT2D eigenvalue weighted by molar-refractivity contribution is -0.115. The Morgan fingerprint density at radius 3 is 2.53 bits per heavy atom. The Morgan fingerprint density at radius 1 is 1.13 bits per heavy atom. The Balaban J connectivity index is 1.57. The van der Waals surface area contributed by atoms with Crippen molar-refractivity contribution in [3.05, 3.63) is 59.9 Å². The van der Waals surface area contributed by atoms with Crippen molar-refractivity contribution >= 4 is 35.0 Å². The van der Waals surface area contributed by atoms with Gasteiger partial charge in [-0.25, -0.2) is 8.78 Å². The molecule has 156 valence electrons. The second-order valence-corrected chi connectivity index (χ2v) is 7.63. The third-order valence-electron chi connectivity index (χ3n) is 4.04. The van der Waals surface area contributed by atoms with Gasteiger partial charge < -0.3 is 10.6 Å². The maximum Gasteiger partial charge on any atom is 0.237 e. The molecule has 30 heavy (non-hydrogen) atoms. The van der Waals surface area contributed by atoms with Crippen LogP contribution >= 0.6 is 11.8 Å². The van der Waals surface area contributed by atoms with Crippen LogP contribution in [-0.2, 0) is 9.59 Å². The van der Waals surface area contributed by atoms with Crippen LogP contribution in [0.15, 0.2) is 42.5 Å². The van der Waals surface area contributed by atoms with E-state index in [1.54, 1.807) is 13.8 Å². The molecule has 2 aromatic carbocycles. The smallest absolute Gasteiger partial charge is 0.237 e. The van der Waals surface area contributed by atoms with Crippen molar-refractivity contribution in [1.82, 2.24) is 20.2 Å². The average Bonchev–Trinajstić information content (AvgIpc) is 3.15. The summed E-state index contributed by atoms with van der Waals surface area (Å²) in [7, 11) is 0. The minimum absolute atomic E-state index is 0.00168. The highest BCUT2D eigenvalue weighted by atomic mass is 32.2. The number of rotatable bonds is 7. The van der Waals surface area contributed by atoms with Crippen molar-refractivity contribution in [2.45, 2.75) is 19.1 Å². The molecule has 8 nitrogen and oxygen atoms in total. The topological polar surface area (TPSA) is 102 Å². The molecular formula is C19H18F2N6O2S. The molecule has 0 fully saturated rings. The van der Waals surface area contributed by atoms with Crippen LogP contribution in [0, 0.1) is 18.6 Å². The fourth-order valence-electron chi connectivity index (χ4n) is 2.45. The number of amides is 2. The van der Waals surface area contributed by atoms with Crippen molar-refractivity contribution < 1.29 is 18.4 Å². The van der Waals surface area contributed by atoms with Gasteiger partial charge in [-0.15, -0.1) is 16.9 Å². The van der Waals surface area contributed by atoms with Crippen LogP contribution in [0.3, 0.4) is 0 Å². The second-order valence-electron chi connectivity index (χ2n) is 6.30. The van der Waals surface area contributed by atoms with E-state index in [1.165, 1.54) is 47.1 Å². The van der Waals surface area contributed by atoms with Crippen LogP contribution in [-0.4, -0.2) is 43.0 Å². The zero-order valence-electron chi connectivity index (χ0n) is 16.1. The first-order valence-electron chi connectivity index (χ1n) is 8.86. The number of thioether (sulfide) groups is 1. The molecule has 2 N–H and O–H groups in total. The van der Waals surface area contributed by atoms with Gasteiger partial charge in [0.05, 0.1) is 22.4 Å². The van der Waals surface area contributed by atoms with Crippen LogP contribution in [0.25, 0.3) is 5.69 Å². The van der Waals surface area contributed by atoms with Crippen LogP contribution in [0.2, 0.25) is 0 Å². The summed E-state index contributed by atoms with van der Waals surface area (Å²) in [5, 5.41) is 15.6. The monoisotopic (exact) mass is 432 g/mol. The molecule has 0 aliphatic carbocycles. The first-order chi connectivity index (χ1) is 14.3. The number of aromatic nitrogens is 4. The molecule has 0 aliphatic heterocycles. The highest BCUT2D eigenvalue weighted by molar-refractivity contribution is 8.01. The summed E-state index contributed by atoms with van der Waals surface area (Å²) in [5.41, 5.74) is 0.930. The lowest BCUT2D eigenvalue weighted by atomic mass is 10.2. The first kappa shape index (κ1) is 21.4. The molecule has 0 spiro atoms. The predicted octanol–water partition coefficient (Wildman–Crippen LogP) is 2.95. The molecule has 1 aromatic heterocycles. The Labute approximate surface area is 175 Å². The number of tetrazole rings is 1. The van der Waals surface area contributed by atoms with E-state index in [-0.39, 0.29) is 17.3 Å². The van der Waals surface area contributed by atoms with Crippen LogP contribution < -0.4 is 10.6 Å². The summed E-state index contributed by atoms with van der Waals surface area (Å²) in [6.45, 7) is 3.30. The van der Waals surface area contributed by atoms with E-state index in [0.29, 0.717) is 17.2 Å². The van der Waals surface area contributed by atoms with Gasteiger partial charge in [-0.1, -0.05) is 0 Å². The number of hydrogen-bond donors (Lipinski definition) is 2. The molecule has 3 rings (SSSR count). The van der Waals surface area contributed by atoms with Crippen molar-refractivity contribution in [3.8, 4) is 5.69 Å². The summed E-state index contributed by atoms with van der Waals surface area (Å²) in [4.78, 5) is 24.4. The van der Waals surface area contributed by atoms with Gasteiger partial charge in [0, 0.05) is 5.69 Å². The fourth-order valence-corrected chi connectivity index (χ4v) is 3.14. The van der Waals surface area contributed by atoms with Gasteiger partial charge in [0.25, 0.3) is 0 Å². The summed E-state index contributed by atoms with van der Waals surface area (Å²) in [5.74, 6) is -1.30. The molecule has 0 saturated heterocycles. The normalized spacial score (nSPS) is 11.7. The van der Waals surface area contributed by atoms with Gasteiger partial charge >= 0.3 is 0 Å². The van der Waals surface area contributed by atoms with E-state index in [1.807, 2.05) is 0 Å². The zero-order valence-corrected chi connectivity index (χ0v) is 16.9. The minimum atomic E-state index is -0.623. The number of halogens is 2. The Bertz CT molecular complexity index is 1060. The molecule has 0 bridgehead atoms. The minimum Gasteiger partial charge on any atom is -0.325 e. The number of anilines is 2. The lowest BCUT2D eigenvalue weighted by Crippen LogP contribution is -2.25. The molecule has 0 aliphatic rings. The van der Waals surface area contributed by atoms with E-state index < -0.39 is 22.8 Å². The van der Waals surface area contributed by atoms with Crippen LogP contribution in [0.5, 0.6) is 0 Å². The van der Waals surface area contributed by atoms with Crippen molar-refractivity contribution in [3.63, 3.8) is 0 Å². The van der Waals surface area contributed by atoms with E-state index in [2.05, 4.69) is 26.2 Å². The largest absolute Gasteiger partial charge is 0.325 e. The molecule has 3 aromatic rings. The highest BCUT2D eigenvalue weighted by Crippen LogP contribution is 2.21. The van der Waals surface area contributed by atoms with E-state index in [9.17, 15) is 18.4 Å². The van der Waals surface area contributed by atoms with E-state index in [4.69, 9.17) is 0 Å². The van der Waals surface area contributed by atoms with E-state index in [0.717, 1.165) is 11.8 Å². The van der Waals surface area contributed by atoms with Crippen LogP contribution in [0.1, 0.15) is 12.7 Å². The molecule has 0 saturated carbocycles. The van der Waals surface area contributed by atoms with Gasteiger partial charge in [0.15, 0.2) is 5.82 Å². The van der Waals surface area contributed by atoms with Crippen molar-refractivity contribution in [2.75, 3.05) is 16.4 Å². The van der Waals surface area contributed by atoms with Gasteiger partial charge in [-0.2, -0.15) is 4.68 Å². The number of carbonyl (C=O) groups excluding carboxylic acids is 2. The number of aryl methyl sites for hydroxylation is 1. The summed E-state index contributed by atoms with van der Waals surface area (Å²) in [6, 6.07) is 9.48. The van der Waals surface area contributed by atoms with Crippen molar-refractivity contribution in [2.24, 2.45) is 0 Å². The Morgan fingerprint density at radius 2 is 1.87 bits per heavy atom. The summed E-state index contributed by atoms with van der Waals surface area (Å²) < 4.78 is 28.5. The summed E-state index contributed by atoms with van der Waals surface area (Å²) in [6.07, 6.45) is 0. The predicted molar refractivity (Wildman–Crippen MR) is 109 cm³/mol.